The number of hydrogen-bond donors (Lipinski definition) is 0. The van der Waals surface area contributed by atoms with Gasteiger partial charge in [0.2, 0.25) is 0 Å². The molecule has 1 saturated heterocycles. The van der Waals surface area contributed by atoms with Crippen molar-refractivity contribution in [2.24, 2.45) is 0 Å². The van der Waals surface area contributed by atoms with Crippen molar-refractivity contribution in [2.45, 2.75) is 42.2 Å². The van der Waals surface area contributed by atoms with Crippen LogP contribution in [0.4, 0.5) is 26.3 Å². The van der Waals surface area contributed by atoms with E-state index in [4.69, 9.17) is 14.2 Å². The second kappa shape index (κ2) is 9.78. The zero-order chi connectivity index (χ0) is 24.4. The van der Waals surface area contributed by atoms with Crippen molar-refractivity contribution >= 4 is 20.2 Å². The second-order valence-electron chi connectivity index (χ2n) is 6.19. The highest BCUT2D eigenvalue weighted by Gasteiger charge is 2.56. The molecule has 32 heavy (non-hydrogen) atoms. The molecule has 9 nitrogen and oxygen atoms in total. The summed E-state index contributed by atoms with van der Waals surface area (Å²) in [7, 11) is -11.7. The van der Waals surface area contributed by atoms with E-state index in [1.54, 1.807) is 6.07 Å². The van der Waals surface area contributed by atoms with Gasteiger partial charge in [-0.05, 0) is 5.56 Å². The van der Waals surface area contributed by atoms with Crippen LogP contribution in [0.25, 0.3) is 0 Å². The van der Waals surface area contributed by atoms with Gasteiger partial charge in [0, 0.05) is 7.11 Å². The van der Waals surface area contributed by atoms with Crippen LogP contribution in [0.3, 0.4) is 0 Å². The maximum Gasteiger partial charge on any atom is 0.523 e. The van der Waals surface area contributed by atoms with E-state index in [1.807, 2.05) is 0 Å². The van der Waals surface area contributed by atoms with Crippen LogP contribution in [0.1, 0.15) is 5.56 Å². The lowest BCUT2D eigenvalue weighted by atomic mass is 10.1. The number of hydrogen-bond acceptors (Lipinski definition) is 9. The van der Waals surface area contributed by atoms with Gasteiger partial charge in [0.1, 0.15) is 12.2 Å². The van der Waals surface area contributed by atoms with Gasteiger partial charge in [0.25, 0.3) is 0 Å². The second-order valence-corrected chi connectivity index (χ2v) is 9.32. The predicted molar refractivity (Wildman–Crippen MR) is 91.5 cm³/mol. The minimum absolute atomic E-state index is 0.364. The predicted octanol–water partition coefficient (Wildman–Crippen LogP) is 2.04. The fourth-order valence-corrected chi connectivity index (χ4v) is 3.72. The lowest BCUT2D eigenvalue weighted by Gasteiger charge is -2.40. The normalized spacial score (nSPS) is 25.6. The summed E-state index contributed by atoms with van der Waals surface area (Å²) < 4.78 is 145. The number of ether oxygens (including phenoxy) is 3. The minimum atomic E-state index is -6.32. The summed E-state index contributed by atoms with van der Waals surface area (Å²) in [6, 6.07) is 7.60. The van der Waals surface area contributed by atoms with Crippen LogP contribution in [-0.2, 0) is 49.4 Å². The van der Waals surface area contributed by atoms with E-state index in [0.29, 0.717) is 5.56 Å². The Bertz CT molecular complexity index is 963. The maximum atomic E-state index is 12.8. The first-order valence-electron chi connectivity index (χ1n) is 8.38. The Labute approximate surface area is 178 Å². The molecule has 1 aliphatic rings. The number of rotatable bonds is 8. The summed E-state index contributed by atoms with van der Waals surface area (Å²) in [6.45, 7) is -1.46. The van der Waals surface area contributed by atoms with Crippen LogP contribution in [0.2, 0.25) is 0 Å². The minimum Gasteiger partial charge on any atom is -0.368 e. The Hall–Kier alpha value is -1.50. The highest BCUT2D eigenvalue weighted by atomic mass is 32.2. The summed E-state index contributed by atoms with van der Waals surface area (Å²) >= 11 is 0. The first kappa shape index (κ1) is 26.7. The van der Waals surface area contributed by atoms with Crippen LogP contribution in [0.5, 0.6) is 0 Å². The molecule has 1 fully saturated rings. The van der Waals surface area contributed by atoms with Crippen LogP contribution < -0.4 is 0 Å². The number of alkyl halides is 6. The Kier molecular flexibility index (Phi) is 8.17. The molecule has 2 rings (SSSR count). The van der Waals surface area contributed by atoms with E-state index in [-0.39, 0.29) is 0 Å². The lowest BCUT2D eigenvalue weighted by Crippen LogP contribution is -2.58. The molecule has 0 spiro atoms. The third kappa shape index (κ3) is 6.30. The molecule has 0 radical (unpaired) electrons. The molecule has 1 aliphatic heterocycles. The van der Waals surface area contributed by atoms with Gasteiger partial charge >= 0.3 is 31.3 Å². The SMILES string of the molecule is CO[C@@H]1OC[C@@H](OS(=O)(=O)C(F)(F)F)[C@H](OCc2ccccc2)[C@H]1OS(=O)(=O)C(F)(F)F. The highest BCUT2D eigenvalue weighted by molar-refractivity contribution is 7.87. The number of methoxy groups -OCH3 is 1. The Morgan fingerprint density at radius 1 is 0.906 bits per heavy atom. The van der Waals surface area contributed by atoms with Crippen LogP contribution in [-0.4, -0.2) is 66.2 Å². The van der Waals surface area contributed by atoms with Crippen molar-refractivity contribution in [3.05, 3.63) is 35.9 Å². The van der Waals surface area contributed by atoms with Gasteiger partial charge < -0.3 is 14.2 Å². The fraction of sp³-hybridized carbons (Fsp3) is 0.600. The van der Waals surface area contributed by atoms with Crippen molar-refractivity contribution in [3.63, 3.8) is 0 Å². The third-order valence-corrected chi connectivity index (χ3v) is 6.07. The quantitative estimate of drug-likeness (QED) is 0.290. The fourth-order valence-electron chi connectivity index (χ4n) is 2.52. The Morgan fingerprint density at radius 3 is 1.94 bits per heavy atom. The van der Waals surface area contributed by atoms with Gasteiger partial charge in [-0.15, -0.1) is 0 Å². The largest absolute Gasteiger partial charge is 0.523 e. The monoisotopic (exact) mass is 518 g/mol. The zero-order valence-corrected chi connectivity index (χ0v) is 17.5. The molecular weight excluding hydrogens is 502 g/mol. The van der Waals surface area contributed by atoms with E-state index in [2.05, 4.69) is 8.37 Å². The highest BCUT2D eigenvalue weighted by Crippen LogP contribution is 2.34. The van der Waals surface area contributed by atoms with Gasteiger partial charge in [-0.3, -0.25) is 8.37 Å². The van der Waals surface area contributed by atoms with Gasteiger partial charge in [0.05, 0.1) is 13.2 Å². The molecule has 0 aromatic heterocycles. The van der Waals surface area contributed by atoms with Crippen molar-refractivity contribution in [1.82, 2.24) is 0 Å². The van der Waals surface area contributed by atoms with Crippen LogP contribution in [0, 0.1) is 0 Å². The molecule has 4 atom stereocenters. The molecule has 0 saturated carbocycles. The van der Waals surface area contributed by atoms with E-state index >= 15 is 0 Å². The molecule has 0 aliphatic carbocycles. The molecule has 1 heterocycles. The smallest absolute Gasteiger partial charge is 0.368 e. The summed E-state index contributed by atoms with van der Waals surface area (Å²) in [5.74, 6) is 0. The molecule has 1 aromatic carbocycles. The Morgan fingerprint density at radius 2 is 1.44 bits per heavy atom. The van der Waals surface area contributed by atoms with Crippen molar-refractivity contribution in [3.8, 4) is 0 Å². The van der Waals surface area contributed by atoms with Crippen LogP contribution in [0.15, 0.2) is 30.3 Å². The van der Waals surface area contributed by atoms with Gasteiger partial charge in [-0.2, -0.15) is 43.2 Å². The van der Waals surface area contributed by atoms with Gasteiger partial charge in [0.15, 0.2) is 12.4 Å². The first-order chi connectivity index (χ1) is 14.6. The molecule has 17 heteroatoms. The topological polar surface area (TPSA) is 114 Å². The number of halogens is 6. The first-order valence-corrected chi connectivity index (χ1v) is 11.2. The summed E-state index contributed by atoms with van der Waals surface area (Å²) in [4.78, 5) is 0. The molecule has 184 valence electrons. The lowest BCUT2D eigenvalue weighted by molar-refractivity contribution is -0.263. The molecular formula is C15H16F6O9S2. The van der Waals surface area contributed by atoms with Crippen molar-refractivity contribution in [1.29, 1.82) is 0 Å². The van der Waals surface area contributed by atoms with E-state index < -0.39 is 69.1 Å². The van der Waals surface area contributed by atoms with E-state index in [9.17, 15) is 43.2 Å². The van der Waals surface area contributed by atoms with Crippen molar-refractivity contribution in [2.75, 3.05) is 13.7 Å². The molecule has 1 aromatic rings. The van der Waals surface area contributed by atoms with E-state index in [1.165, 1.54) is 24.3 Å². The maximum absolute atomic E-state index is 12.8. The van der Waals surface area contributed by atoms with Gasteiger partial charge in [-0.1, -0.05) is 30.3 Å². The summed E-state index contributed by atoms with van der Waals surface area (Å²) in [5.41, 5.74) is -11.4. The molecule has 0 amide bonds. The average molecular weight is 518 g/mol. The summed E-state index contributed by atoms with van der Waals surface area (Å²) in [5, 5.41) is 0. The standard InChI is InChI=1S/C15H16F6O9S2/c1-26-13-12(30-32(24,25)15(19,20)21)11(27-7-9-5-3-2-4-6-9)10(8-28-13)29-31(22,23)14(16,17)18/h2-6,10-13H,7-8H2,1H3/t10-,11+,12-,13-/m1/s1. The molecule has 0 unspecified atom stereocenters. The third-order valence-electron chi connectivity index (χ3n) is 3.96. The van der Waals surface area contributed by atoms with E-state index in [0.717, 1.165) is 7.11 Å². The van der Waals surface area contributed by atoms with Crippen molar-refractivity contribution < 1.29 is 65.8 Å². The summed E-state index contributed by atoms with van der Waals surface area (Å²) in [6.07, 6.45) is -8.60. The van der Waals surface area contributed by atoms with Crippen LogP contribution >= 0.6 is 0 Å². The van der Waals surface area contributed by atoms with Gasteiger partial charge in [-0.25, -0.2) is 0 Å². The Balaban J connectivity index is 2.41. The molecule has 0 bridgehead atoms. The number of benzene rings is 1. The average Bonchev–Trinajstić information content (AvgIpc) is 2.66. The molecule has 0 N–H and O–H groups in total. The zero-order valence-electron chi connectivity index (χ0n) is 15.9.